The normalized spacial score (nSPS) is 9.38. The Bertz CT molecular complexity index is 722. The lowest BCUT2D eigenvalue weighted by molar-refractivity contribution is -0.139. The number of phenols is 2. The van der Waals surface area contributed by atoms with Crippen LogP contribution in [0, 0.1) is 6.92 Å². The van der Waals surface area contributed by atoms with Crippen molar-refractivity contribution >= 4 is 11.9 Å². The van der Waals surface area contributed by atoms with Crippen molar-refractivity contribution in [3.63, 3.8) is 0 Å². The van der Waals surface area contributed by atoms with Crippen LogP contribution in [0.15, 0.2) is 55.1 Å². The molecule has 0 aliphatic heterocycles. The van der Waals surface area contributed by atoms with Crippen molar-refractivity contribution in [1.82, 2.24) is 0 Å². The van der Waals surface area contributed by atoms with Crippen molar-refractivity contribution in [1.29, 1.82) is 0 Å². The standard InChI is InChI=1S/C11H12O4.C7H6O2/c1-3-10(13)15-6-8-7(2)4-5-9(12)11(8)14;8-7(9)6-4-2-1-3-5-6/h3-5,12,14H,1,6H2,2H3;1-5H,(H,8,9). The van der Waals surface area contributed by atoms with Crippen molar-refractivity contribution in [3.05, 3.63) is 71.8 Å². The molecular formula is C18H18O6. The van der Waals surface area contributed by atoms with Crippen LogP contribution in [0.1, 0.15) is 21.5 Å². The lowest BCUT2D eigenvalue weighted by Gasteiger charge is -2.09. The molecule has 24 heavy (non-hydrogen) atoms. The van der Waals surface area contributed by atoms with Crippen molar-refractivity contribution in [3.8, 4) is 11.5 Å². The highest BCUT2D eigenvalue weighted by Gasteiger charge is 2.10. The molecule has 6 nitrogen and oxygen atoms in total. The van der Waals surface area contributed by atoms with Gasteiger partial charge in [0.15, 0.2) is 11.5 Å². The molecule has 126 valence electrons. The second-order valence-electron chi connectivity index (χ2n) is 4.71. The second-order valence-corrected chi connectivity index (χ2v) is 4.71. The summed E-state index contributed by atoms with van der Waals surface area (Å²) in [4.78, 5) is 21.0. The summed E-state index contributed by atoms with van der Waals surface area (Å²) >= 11 is 0. The molecule has 0 saturated heterocycles. The molecule has 0 radical (unpaired) electrons. The number of benzene rings is 2. The fraction of sp³-hybridized carbons (Fsp3) is 0.111. The molecule has 2 aromatic rings. The molecule has 0 aliphatic carbocycles. The summed E-state index contributed by atoms with van der Waals surface area (Å²) in [5.41, 5.74) is 1.46. The lowest BCUT2D eigenvalue weighted by atomic mass is 10.1. The largest absolute Gasteiger partial charge is 0.504 e. The summed E-state index contributed by atoms with van der Waals surface area (Å²) < 4.78 is 4.77. The van der Waals surface area contributed by atoms with Gasteiger partial charge in [0.1, 0.15) is 6.61 Å². The van der Waals surface area contributed by atoms with Gasteiger partial charge in [0.25, 0.3) is 0 Å². The molecule has 2 rings (SSSR count). The van der Waals surface area contributed by atoms with Crippen molar-refractivity contribution in [2.75, 3.05) is 0 Å². The molecule has 2 aromatic carbocycles. The van der Waals surface area contributed by atoms with E-state index >= 15 is 0 Å². The zero-order valence-electron chi connectivity index (χ0n) is 13.1. The molecule has 0 unspecified atom stereocenters. The Morgan fingerprint density at radius 1 is 1.12 bits per heavy atom. The van der Waals surface area contributed by atoms with Gasteiger partial charge in [-0.05, 0) is 30.7 Å². The maximum Gasteiger partial charge on any atom is 0.335 e. The highest BCUT2D eigenvalue weighted by atomic mass is 16.5. The number of phenolic OH excluding ortho intramolecular Hbond substituents is 2. The van der Waals surface area contributed by atoms with Gasteiger partial charge in [-0.2, -0.15) is 0 Å². The van der Waals surface area contributed by atoms with Crippen molar-refractivity contribution in [2.24, 2.45) is 0 Å². The fourth-order valence-electron chi connectivity index (χ4n) is 1.69. The van der Waals surface area contributed by atoms with E-state index in [9.17, 15) is 19.8 Å². The van der Waals surface area contributed by atoms with E-state index in [4.69, 9.17) is 9.84 Å². The number of carbonyl (C=O) groups excluding carboxylic acids is 1. The lowest BCUT2D eigenvalue weighted by Crippen LogP contribution is -2.01. The summed E-state index contributed by atoms with van der Waals surface area (Å²) in [6.45, 7) is 4.91. The predicted molar refractivity (Wildman–Crippen MR) is 87.9 cm³/mol. The average Bonchev–Trinajstić information content (AvgIpc) is 2.59. The number of carbonyl (C=O) groups is 2. The van der Waals surface area contributed by atoms with Crippen LogP contribution < -0.4 is 0 Å². The second kappa shape index (κ2) is 8.99. The van der Waals surface area contributed by atoms with Crippen LogP contribution in [0.25, 0.3) is 0 Å². The van der Waals surface area contributed by atoms with E-state index in [-0.39, 0.29) is 18.1 Å². The molecular weight excluding hydrogens is 312 g/mol. The van der Waals surface area contributed by atoms with Gasteiger partial charge in [-0.25, -0.2) is 9.59 Å². The monoisotopic (exact) mass is 330 g/mol. The molecule has 0 bridgehead atoms. The van der Waals surface area contributed by atoms with Gasteiger partial charge in [-0.3, -0.25) is 0 Å². The minimum Gasteiger partial charge on any atom is -0.504 e. The number of ether oxygens (including phenoxy) is 1. The average molecular weight is 330 g/mol. The van der Waals surface area contributed by atoms with Gasteiger partial charge in [0.05, 0.1) is 5.56 Å². The van der Waals surface area contributed by atoms with Gasteiger partial charge >= 0.3 is 11.9 Å². The maximum absolute atomic E-state index is 10.8. The summed E-state index contributed by atoms with van der Waals surface area (Å²) in [7, 11) is 0. The number of aromatic hydroxyl groups is 2. The molecule has 0 fully saturated rings. The van der Waals surface area contributed by atoms with Crippen LogP contribution in [0.2, 0.25) is 0 Å². The number of carboxylic acids is 1. The Labute approximate surface area is 139 Å². The minimum atomic E-state index is -0.879. The molecule has 0 atom stereocenters. The molecule has 0 amide bonds. The number of esters is 1. The Kier molecular flexibility index (Phi) is 7.03. The third-order valence-corrected chi connectivity index (χ3v) is 3.04. The number of hydrogen-bond donors (Lipinski definition) is 3. The molecule has 0 aliphatic rings. The Morgan fingerprint density at radius 2 is 1.75 bits per heavy atom. The van der Waals surface area contributed by atoms with Crippen molar-refractivity contribution < 1.29 is 29.6 Å². The molecule has 0 saturated carbocycles. The zero-order valence-corrected chi connectivity index (χ0v) is 13.1. The van der Waals surface area contributed by atoms with Crippen LogP contribution in [-0.4, -0.2) is 27.3 Å². The first-order chi connectivity index (χ1) is 11.4. The maximum atomic E-state index is 10.8. The number of rotatable bonds is 4. The summed E-state index contributed by atoms with van der Waals surface area (Å²) in [6, 6.07) is 11.3. The SMILES string of the molecule is C=CC(=O)OCc1c(C)ccc(O)c1O.O=C(O)c1ccccc1. The van der Waals surface area contributed by atoms with Crippen LogP contribution in [0.5, 0.6) is 11.5 Å². The van der Waals surface area contributed by atoms with Gasteiger partial charge in [0, 0.05) is 11.6 Å². The Hall–Kier alpha value is -3.28. The fourth-order valence-corrected chi connectivity index (χ4v) is 1.69. The first-order valence-electron chi connectivity index (χ1n) is 6.94. The molecule has 0 spiro atoms. The number of hydrogen-bond acceptors (Lipinski definition) is 5. The van der Waals surface area contributed by atoms with E-state index < -0.39 is 11.9 Å². The first kappa shape index (κ1) is 18.8. The molecule has 0 heterocycles. The molecule has 0 aromatic heterocycles. The van der Waals surface area contributed by atoms with E-state index in [0.29, 0.717) is 11.1 Å². The summed E-state index contributed by atoms with van der Waals surface area (Å²) in [5.74, 6) is -1.94. The minimum absolute atomic E-state index is 0.0864. The van der Waals surface area contributed by atoms with Gasteiger partial charge < -0.3 is 20.1 Å². The van der Waals surface area contributed by atoms with Gasteiger partial charge in [0.2, 0.25) is 0 Å². The Morgan fingerprint density at radius 3 is 2.25 bits per heavy atom. The van der Waals surface area contributed by atoms with Crippen LogP contribution in [-0.2, 0) is 16.1 Å². The van der Waals surface area contributed by atoms with Gasteiger partial charge in [-0.1, -0.05) is 30.8 Å². The molecule has 6 heteroatoms. The van der Waals surface area contributed by atoms with E-state index in [1.165, 1.54) is 6.07 Å². The molecule has 3 N–H and O–H groups in total. The smallest absolute Gasteiger partial charge is 0.335 e. The number of carboxylic acid groups (broad SMARTS) is 1. The van der Waals surface area contributed by atoms with Crippen LogP contribution in [0.4, 0.5) is 0 Å². The zero-order chi connectivity index (χ0) is 18.1. The quantitative estimate of drug-likeness (QED) is 0.452. The predicted octanol–water partition coefficient (Wildman–Crippen LogP) is 3.02. The van der Waals surface area contributed by atoms with E-state index in [2.05, 4.69) is 6.58 Å². The third kappa shape index (κ3) is 5.49. The Balaban J connectivity index is 0.000000272. The first-order valence-corrected chi connectivity index (χ1v) is 6.94. The van der Waals surface area contributed by atoms with E-state index in [0.717, 1.165) is 11.6 Å². The third-order valence-electron chi connectivity index (χ3n) is 3.04. The van der Waals surface area contributed by atoms with Crippen molar-refractivity contribution in [2.45, 2.75) is 13.5 Å². The summed E-state index contributed by atoms with van der Waals surface area (Å²) in [5, 5.41) is 27.1. The van der Waals surface area contributed by atoms with E-state index in [1.54, 1.807) is 43.3 Å². The highest BCUT2D eigenvalue weighted by Crippen LogP contribution is 2.31. The van der Waals surface area contributed by atoms with Gasteiger partial charge in [-0.15, -0.1) is 0 Å². The summed E-state index contributed by atoms with van der Waals surface area (Å²) in [6.07, 6.45) is 1.04. The number of aryl methyl sites for hydroxylation is 1. The topological polar surface area (TPSA) is 104 Å². The highest BCUT2D eigenvalue weighted by molar-refractivity contribution is 5.87. The van der Waals surface area contributed by atoms with E-state index in [1.807, 2.05) is 0 Å². The number of aromatic carboxylic acids is 1. The van der Waals surface area contributed by atoms with Crippen LogP contribution in [0.3, 0.4) is 0 Å². The van der Waals surface area contributed by atoms with Crippen LogP contribution >= 0.6 is 0 Å².